The van der Waals surface area contributed by atoms with Gasteiger partial charge in [0, 0.05) is 25.7 Å². The van der Waals surface area contributed by atoms with Gasteiger partial charge in [0.05, 0.1) is 5.69 Å². The molecule has 1 amide bonds. The van der Waals surface area contributed by atoms with Crippen LogP contribution >= 0.6 is 11.3 Å². The quantitative estimate of drug-likeness (QED) is 0.840. The summed E-state index contributed by atoms with van der Waals surface area (Å²) in [7, 11) is 0. The van der Waals surface area contributed by atoms with Crippen molar-refractivity contribution in [3.63, 3.8) is 0 Å². The van der Waals surface area contributed by atoms with Crippen LogP contribution in [0.2, 0.25) is 0 Å². The lowest BCUT2D eigenvalue weighted by molar-refractivity contribution is 0.0377. The van der Waals surface area contributed by atoms with E-state index in [2.05, 4.69) is 4.90 Å². The summed E-state index contributed by atoms with van der Waals surface area (Å²) in [6.45, 7) is 3.93. The monoisotopic (exact) mass is 265 g/mol. The first-order chi connectivity index (χ1) is 8.75. The molecule has 18 heavy (non-hydrogen) atoms. The summed E-state index contributed by atoms with van der Waals surface area (Å²) in [5.74, 6) is 0.118. The van der Waals surface area contributed by atoms with E-state index in [9.17, 15) is 4.79 Å². The lowest BCUT2D eigenvalue weighted by Gasteiger charge is -2.43. The molecular formula is C13H19N3OS. The van der Waals surface area contributed by atoms with E-state index in [4.69, 9.17) is 5.73 Å². The maximum atomic E-state index is 12.4. The van der Waals surface area contributed by atoms with Crippen LogP contribution in [-0.4, -0.2) is 47.9 Å². The van der Waals surface area contributed by atoms with Crippen molar-refractivity contribution >= 4 is 22.9 Å². The summed E-state index contributed by atoms with van der Waals surface area (Å²) in [4.78, 5) is 17.6. The van der Waals surface area contributed by atoms with Gasteiger partial charge in [0.25, 0.3) is 5.91 Å². The highest BCUT2D eigenvalue weighted by Crippen LogP contribution is 2.25. The van der Waals surface area contributed by atoms with Gasteiger partial charge in [-0.15, -0.1) is 11.3 Å². The fourth-order valence-electron chi connectivity index (χ4n) is 2.98. The van der Waals surface area contributed by atoms with Crippen molar-refractivity contribution in [3.05, 3.63) is 16.3 Å². The Bertz CT molecular complexity index is 445. The van der Waals surface area contributed by atoms with Gasteiger partial charge in [0.1, 0.15) is 4.88 Å². The van der Waals surface area contributed by atoms with E-state index >= 15 is 0 Å². The van der Waals surface area contributed by atoms with Crippen molar-refractivity contribution in [3.8, 4) is 0 Å². The molecule has 3 heterocycles. The molecule has 4 nitrogen and oxygen atoms in total. The minimum atomic E-state index is 0.118. The largest absolute Gasteiger partial charge is 0.397 e. The van der Waals surface area contributed by atoms with E-state index in [0.29, 0.717) is 16.6 Å². The first kappa shape index (κ1) is 12.0. The Morgan fingerprint density at radius 3 is 3.00 bits per heavy atom. The number of piperazine rings is 1. The number of hydrogen-bond acceptors (Lipinski definition) is 4. The van der Waals surface area contributed by atoms with Crippen molar-refractivity contribution in [2.75, 3.05) is 31.9 Å². The van der Waals surface area contributed by atoms with E-state index in [1.807, 2.05) is 16.3 Å². The first-order valence-corrected chi connectivity index (χ1v) is 7.50. The number of nitrogens with two attached hydrogens (primary N) is 1. The van der Waals surface area contributed by atoms with E-state index in [0.717, 1.165) is 19.6 Å². The standard InChI is InChI=1S/C13H19N3OS/c14-11-4-8-18-12(11)13(17)16-7-6-15-5-2-1-3-10(15)9-16/h4,8,10H,1-3,5-7,9,14H2. The number of carbonyl (C=O) groups is 1. The predicted octanol–water partition coefficient (Wildman–Crippen LogP) is 1.64. The van der Waals surface area contributed by atoms with Crippen molar-refractivity contribution < 1.29 is 4.79 Å². The highest BCUT2D eigenvalue weighted by atomic mass is 32.1. The second-order valence-electron chi connectivity index (χ2n) is 5.14. The average molecular weight is 265 g/mol. The summed E-state index contributed by atoms with van der Waals surface area (Å²) in [5, 5.41) is 1.89. The number of rotatable bonds is 1. The lowest BCUT2D eigenvalue weighted by atomic mass is 9.99. The van der Waals surface area contributed by atoms with Crippen LogP contribution in [0.5, 0.6) is 0 Å². The first-order valence-electron chi connectivity index (χ1n) is 6.62. The third kappa shape index (κ3) is 2.12. The van der Waals surface area contributed by atoms with E-state index < -0.39 is 0 Å². The van der Waals surface area contributed by atoms with Crippen LogP contribution in [0, 0.1) is 0 Å². The SMILES string of the molecule is Nc1ccsc1C(=O)N1CCN2CCCCC2C1. The van der Waals surface area contributed by atoms with Crippen molar-refractivity contribution in [2.24, 2.45) is 0 Å². The molecule has 0 spiro atoms. The molecule has 2 N–H and O–H groups in total. The summed E-state index contributed by atoms with van der Waals surface area (Å²) < 4.78 is 0. The molecule has 2 aliphatic rings. The Balaban J connectivity index is 1.70. The molecule has 1 unspecified atom stereocenters. The molecule has 0 radical (unpaired) electrons. The third-order valence-electron chi connectivity index (χ3n) is 4.01. The van der Waals surface area contributed by atoms with Crippen molar-refractivity contribution in [2.45, 2.75) is 25.3 Å². The molecule has 98 valence electrons. The normalized spacial score (nSPS) is 24.9. The molecule has 5 heteroatoms. The molecule has 3 rings (SSSR count). The number of fused-ring (bicyclic) bond motifs is 1. The summed E-state index contributed by atoms with van der Waals surface area (Å²) >= 11 is 1.45. The minimum Gasteiger partial charge on any atom is -0.397 e. The van der Waals surface area contributed by atoms with Crippen LogP contribution < -0.4 is 5.73 Å². The zero-order chi connectivity index (χ0) is 12.5. The Labute approximate surface area is 111 Å². The molecule has 1 atom stereocenters. The van der Waals surface area contributed by atoms with E-state index in [1.54, 1.807) is 0 Å². The minimum absolute atomic E-state index is 0.118. The molecule has 0 saturated carbocycles. The maximum absolute atomic E-state index is 12.4. The Morgan fingerprint density at radius 2 is 2.22 bits per heavy atom. The van der Waals surface area contributed by atoms with Gasteiger partial charge in [0.2, 0.25) is 0 Å². The third-order valence-corrected chi connectivity index (χ3v) is 4.93. The zero-order valence-electron chi connectivity index (χ0n) is 10.5. The number of anilines is 1. The van der Waals surface area contributed by atoms with Gasteiger partial charge in [-0.2, -0.15) is 0 Å². The maximum Gasteiger partial charge on any atom is 0.266 e. The number of amides is 1. The van der Waals surface area contributed by atoms with Crippen LogP contribution in [-0.2, 0) is 0 Å². The molecule has 0 bridgehead atoms. The topological polar surface area (TPSA) is 49.6 Å². The molecule has 2 aliphatic heterocycles. The summed E-state index contributed by atoms with van der Waals surface area (Å²) in [6, 6.07) is 2.38. The number of thiophene rings is 1. The van der Waals surface area contributed by atoms with Crippen molar-refractivity contribution in [1.82, 2.24) is 9.80 Å². The molecule has 1 aromatic rings. The van der Waals surface area contributed by atoms with Gasteiger partial charge in [-0.1, -0.05) is 6.42 Å². The smallest absolute Gasteiger partial charge is 0.266 e. The molecule has 1 aromatic heterocycles. The highest BCUT2D eigenvalue weighted by molar-refractivity contribution is 7.12. The van der Waals surface area contributed by atoms with Gasteiger partial charge in [-0.25, -0.2) is 0 Å². The van der Waals surface area contributed by atoms with E-state index in [-0.39, 0.29) is 5.91 Å². The van der Waals surface area contributed by atoms with Crippen LogP contribution in [0.3, 0.4) is 0 Å². The summed E-state index contributed by atoms with van der Waals surface area (Å²) in [5.41, 5.74) is 6.45. The van der Waals surface area contributed by atoms with Crippen molar-refractivity contribution in [1.29, 1.82) is 0 Å². The number of nitrogens with zero attached hydrogens (tertiary/aromatic N) is 2. The van der Waals surface area contributed by atoms with Crippen LogP contribution in [0.4, 0.5) is 5.69 Å². The Kier molecular flexibility index (Phi) is 3.26. The number of nitrogen functional groups attached to an aromatic ring is 1. The second kappa shape index (κ2) is 4.90. The van der Waals surface area contributed by atoms with Gasteiger partial charge in [-0.3, -0.25) is 9.69 Å². The highest BCUT2D eigenvalue weighted by Gasteiger charge is 2.32. The Morgan fingerprint density at radius 1 is 1.33 bits per heavy atom. The lowest BCUT2D eigenvalue weighted by Crippen LogP contribution is -2.56. The Hall–Kier alpha value is -1.07. The van der Waals surface area contributed by atoms with Gasteiger partial charge < -0.3 is 10.6 Å². The second-order valence-corrected chi connectivity index (χ2v) is 6.06. The fourth-order valence-corrected chi connectivity index (χ4v) is 3.76. The van der Waals surface area contributed by atoms with E-state index in [1.165, 1.54) is 37.1 Å². The zero-order valence-corrected chi connectivity index (χ0v) is 11.3. The van der Waals surface area contributed by atoms with Gasteiger partial charge in [-0.05, 0) is 30.8 Å². The van der Waals surface area contributed by atoms with Crippen LogP contribution in [0.15, 0.2) is 11.4 Å². The molecule has 0 aliphatic carbocycles. The average Bonchev–Trinajstić information content (AvgIpc) is 2.83. The number of carbonyl (C=O) groups excluding carboxylic acids is 1. The van der Waals surface area contributed by atoms with Crippen LogP contribution in [0.25, 0.3) is 0 Å². The van der Waals surface area contributed by atoms with Gasteiger partial charge >= 0.3 is 0 Å². The number of piperidine rings is 1. The number of hydrogen-bond donors (Lipinski definition) is 1. The molecule has 2 fully saturated rings. The van der Waals surface area contributed by atoms with Gasteiger partial charge in [0.15, 0.2) is 0 Å². The molecular weight excluding hydrogens is 246 g/mol. The fraction of sp³-hybridized carbons (Fsp3) is 0.615. The molecule has 2 saturated heterocycles. The van der Waals surface area contributed by atoms with Crippen LogP contribution in [0.1, 0.15) is 28.9 Å². The summed E-state index contributed by atoms with van der Waals surface area (Å²) in [6.07, 6.45) is 3.83. The predicted molar refractivity (Wildman–Crippen MR) is 73.8 cm³/mol. The molecule has 0 aromatic carbocycles.